The second kappa shape index (κ2) is 9.25. The fourth-order valence-corrected chi connectivity index (χ4v) is 9.44. The number of hydrogen-bond acceptors (Lipinski definition) is 3. The van der Waals surface area contributed by atoms with Gasteiger partial charge in [0.15, 0.2) is 0 Å². The Labute approximate surface area is 273 Å². The summed E-state index contributed by atoms with van der Waals surface area (Å²) >= 11 is 1.90. The van der Waals surface area contributed by atoms with Crippen LogP contribution in [0.3, 0.4) is 0 Å². The zero-order valence-electron chi connectivity index (χ0n) is 25.3. The average molecular weight is 605 g/mol. The van der Waals surface area contributed by atoms with Crippen LogP contribution >= 0.6 is 11.3 Å². The number of aryl methyl sites for hydroxylation is 4. The van der Waals surface area contributed by atoms with E-state index < -0.39 is 0 Å². The third kappa shape index (κ3) is 3.43. The molecule has 3 heterocycles. The highest BCUT2D eigenvalue weighted by Crippen LogP contribution is 2.49. The van der Waals surface area contributed by atoms with Crippen molar-refractivity contribution in [1.29, 1.82) is 0 Å². The van der Waals surface area contributed by atoms with Crippen molar-refractivity contribution in [3.8, 4) is 11.1 Å². The summed E-state index contributed by atoms with van der Waals surface area (Å²) in [7, 11) is 0. The second-order valence-corrected chi connectivity index (χ2v) is 14.3. The molecule has 0 bridgehead atoms. The highest BCUT2D eigenvalue weighted by Gasteiger charge is 2.45. The number of anilines is 6. The topological polar surface area (TPSA) is 6.48 Å². The molecule has 0 saturated heterocycles. The van der Waals surface area contributed by atoms with Crippen molar-refractivity contribution >= 4 is 78.0 Å². The highest BCUT2D eigenvalue weighted by atomic mass is 32.1. The van der Waals surface area contributed by atoms with E-state index >= 15 is 0 Å². The summed E-state index contributed by atoms with van der Waals surface area (Å²) in [5.41, 5.74) is 19.3. The van der Waals surface area contributed by atoms with Gasteiger partial charge in [0.1, 0.15) is 5.00 Å². The Morgan fingerprint density at radius 1 is 0.478 bits per heavy atom. The lowest BCUT2D eigenvalue weighted by Crippen LogP contribution is -2.62. The minimum Gasteiger partial charge on any atom is -0.311 e. The molecule has 4 heteroatoms. The summed E-state index contributed by atoms with van der Waals surface area (Å²) < 4.78 is 1.33. The van der Waals surface area contributed by atoms with Crippen LogP contribution in [0, 0.1) is 0 Å². The molecule has 0 N–H and O–H groups in total. The van der Waals surface area contributed by atoms with Gasteiger partial charge in [-0.3, -0.25) is 0 Å². The van der Waals surface area contributed by atoms with Gasteiger partial charge in [0.2, 0.25) is 0 Å². The van der Waals surface area contributed by atoms with Crippen LogP contribution in [-0.4, -0.2) is 6.71 Å². The van der Waals surface area contributed by atoms with E-state index in [1.807, 2.05) is 11.3 Å². The number of benzene rings is 6. The number of rotatable bonds is 3. The number of fused-ring (bicyclic) bond motifs is 7. The predicted molar refractivity (Wildman–Crippen MR) is 196 cm³/mol. The first-order valence-corrected chi connectivity index (χ1v) is 17.3. The number of hydrogen-bond donors (Lipinski definition) is 0. The zero-order valence-corrected chi connectivity index (χ0v) is 26.1. The van der Waals surface area contributed by atoms with Gasteiger partial charge < -0.3 is 9.80 Å². The summed E-state index contributed by atoms with van der Waals surface area (Å²) in [6.45, 7) is 0.183. The Hall–Kier alpha value is -5.06. The molecule has 216 valence electrons. The van der Waals surface area contributed by atoms with Crippen molar-refractivity contribution < 1.29 is 0 Å². The molecule has 0 saturated carbocycles. The van der Waals surface area contributed by atoms with Crippen LogP contribution in [0.25, 0.3) is 21.2 Å². The number of nitrogens with zero attached hydrogens (tertiary/aromatic N) is 2. The molecular weight excluding hydrogens is 575 g/mol. The Balaban J connectivity index is 1.28. The van der Waals surface area contributed by atoms with E-state index in [1.165, 1.54) is 119 Å². The Morgan fingerprint density at radius 3 is 1.70 bits per heavy atom. The van der Waals surface area contributed by atoms with Crippen molar-refractivity contribution in [2.75, 3.05) is 9.80 Å². The van der Waals surface area contributed by atoms with E-state index in [1.54, 1.807) is 0 Å². The Bertz CT molecular complexity index is 2360. The van der Waals surface area contributed by atoms with Gasteiger partial charge in [-0.2, -0.15) is 0 Å². The van der Waals surface area contributed by atoms with Crippen molar-refractivity contribution in [2.45, 2.75) is 25.7 Å². The highest BCUT2D eigenvalue weighted by molar-refractivity contribution is 7.23. The summed E-state index contributed by atoms with van der Waals surface area (Å²) in [5, 5.41) is 2.58. The van der Waals surface area contributed by atoms with Gasteiger partial charge in [-0.05, 0) is 129 Å². The van der Waals surface area contributed by atoms with Crippen LogP contribution < -0.4 is 26.2 Å². The monoisotopic (exact) mass is 604 g/mol. The Kier molecular flexibility index (Phi) is 5.06. The quantitative estimate of drug-likeness (QED) is 0.186. The van der Waals surface area contributed by atoms with Crippen LogP contribution in [0.5, 0.6) is 0 Å². The standard InChI is InChI=1S/C42H29BN2S/c1-3-9-26(10-4-1)32-23-38-42-39(24-32)45(41-25-31-11-7-8-14-40(31)46-41)37-22-30-18-16-28(30)20-35(37)43(42)34-19-27-15-17-29(27)21-36(34)44(38)33-12-5-2-6-13-33/h1-14,19-25H,15-18H2. The lowest BCUT2D eigenvalue weighted by atomic mass is 9.33. The van der Waals surface area contributed by atoms with Gasteiger partial charge >= 0.3 is 0 Å². The van der Waals surface area contributed by atoms with Crippen molar-refractivity contribution in [2.24, 2.45) is 0 Å². The fourth-order valence-electron chi connectivity index (χ4n) is 8.35. The molecule has 7 aromatic rings. The van der Waals surface area contributed by atoms with Gasteiger partial charge in [-0.15, -0.1) is 11.3 Å². The maximum Gasteiger partial charge on any atom is 0.252 e. The first kappa shape index (κ1) is 25.2. The number of para-hydroxylation sites is 1. The molecule has 0 fully saturated rings. The maximum atomic E-state index is 2.61. The summed E-state index contributed by atoms with van der Waals surface area (Å²) in [6, 6.07) is 48.3. The SMILES string of the molecule is c1ccc(-c2cc3c4c(c2)N(c2cc5ccccc5s2)c2cc5c(cc2B4c2cc4c(cc2N3c2ccccc2)CC4)CC5)cc1. The van der Waals surface area contributed by atoms with Crippen LogP contribution in [0.1, 0.15) is 22.3 Å². The normalized spacial score (nSPS) is 14.9. The maximum absolute atomic E-state index is 2.61. The third-order valence-corrected chi connectivity index (χ3v) is 11.9. The fraction of sp³-hybridized carbons (Fsp3) is 0.0952. The van der Waals surface area contributed by atoms with E-state index in [0.29, 0.717) is 0 Å². The molecule has 46 heavy (non-hydrogen) atoms. The largest absolute Gasteiger partial charge is 0.311 e. The third-order valence-electron chi connectivity index (χ3n) is 10.8. The number of thiophene rings is 1. The van der Waals surface area contributed by atoms with Gasteiger partial charge in [0.05, 0.1) is 0 Å². The van der Waals surface area contributed by atoms with Crippen molar-refractivity contribution in [1.82, 2.24) is 0 Å². The van der Waals surface area contributed by atoms with Gasteiger partial charge in [0, 0.05) is 33.1 Å². The summed E-state index contributed by atoms with van der Waals surface area (Å²) in [4.78, 5) is 5.17. The molecule has 0 spiro atoms. The molecule has 11 rings (SSSR count). The molecule has 0 unspecified atom stereocenters. The van der Waals surface area contributed by atoms with Crippen molar-refractivity contribution in [3.63, 3.8) is 0 Å². The van der Waals surface area contributed by atoms with E-state index in [4.69, 9.17) is 0 Å². The van der Waals surface area contributed by atoms with Crippen LogP contribution in [0.15, 0.2) is 127 Å². The summed E-state index contributed by atoms with van der Waals surface area (Å²) in [6.07, 6.45) is 4.69. The van der Waals surface area contributed by atoms with E-state index in [2.05, 4.69) is 137 Å². The second-order valence-electron chi connectivity index (χ2n) is 13.2. The molecular formula is C42H29BN2S. The van der Waals surface area contributed by atoms with E-state index in [0.717, 1.165) is 0 Å². The molecule has 2 aliphatic heterocycles. The van der Waals surface area contributed by atoms with Gasteiger partial charge in [0.25, 0.3) is 6.71 Å². The molecule has 0 radical (unpaired) electrons. The zero-order chi connectivity index (χ0) is 29.9. The molecule has 0 atom stereocenters. The van der Waals surface area contributed by atoms with Gasteiger partial charge in [-0.25, -0.2) is 0 Å². The molecule has 2 nitrogen and oxygen atoms in total. The minimum atomic E-state index is 0.183. The predicted octanol–water partition coefficient (Wildman–Crippen LogP) is 8.85. The lowest BCUT2D eigenvalue weighted by molar-refractivity contribution is 0.840. The smallest absolute Gasteiger partial charge is 0.252 e. The minimum absolute atomic E-state index is 0.183. The van der Waals surface area contributed by atoms with Crippen molar-refractivity contribution in [3.05, 3.63) is 150 Å². The van der Waals surface area contributed by atoms with E-state index in [-0.39, 0.29) is 6.71 Å². The molecule has 2 aliphatic carbocycles. The molecule has 4 aliphatic rings. The van der Waals surface area contributed by atoms with E-state index in [9.17, 15) is 0 Å². The molecule has 6 aromatic carbocycles. The molecule has 0 amide bonds. The average Bonchev–Trinajstić information content (AvgIpc) is 3.51. The Morgan fingerprint density at radius 2 is 1.04 bits per heavy atom. The summed E-state index contributed by atoms with van der Waals surface area (Å²) in [5.74, 6) is 0. The first-order valence-electron chi connectivity index (χ1n) is 16.5. The van der Waals surface area contributed by atoms with Crippen LogP contribution in [0.2, 0.25) is 0 Å². The molecule has 1 aromatic heterocycles. The van der Waals surface area contributed by atoms with Gasteiger partial charge in [-0.1, -0.05) is 78.9 Å². The first-order chi connectivity index (χ1) is 22.8. The van der Waals surface area contributed by atoms with Crippen LogP contribution in [0.4, 0.5) is 33.4 Å². The lowest BCUT2D eigenvalue weighted by Gasteiger charge is -2.45. The van der Waals surface area contributed by atoms with Crippen LogP contribution in [-0.2, 0) is 25.7 Å².